The lowest BCUT2D eigenvalue weighted by atomic mass is 9.88. The van der Waals surface area contributed by atoms with E-state index in [9.17, 15) is 19.5 Å². The second kappa shape index (κ2) is 14.4. The highest BCUT2D eigenvalue weighted by Crippen LogP contribution is 2.35. The predicted octanol–water partition coefficient (Wildman–Crippen LogP) is 6.52. The Morgan fingerprint density at radius 1 is 0.841 bits per heavy atom. The number of carbonyl (C=O) groups excluding carboxylic acids is 3. The molecule has 236 valence electrons. The van der Waals surface area contributed by atoms with E-state index in [-0.39, 0.29) is 18.1 Å². The molecule has 0 aromatic heterocycles. The zero-order valence-corrected chi connectivity index (χ0v) is 27.2. The maximum absolute atomic E-state index is 14.9. The van der Waals surface area contributed by atoms with Gasteiger partial charge < -0.3 is 25.4 Å². The van der Waals surface area contributed by atoms with Gasteiger partial charge in [0.2, 0.25) is 11.8 Å². The molecule has 3 N–H and O–H groups in total. The standard InChI is InChI=1S/C36H47N3O5/c1-9-36(7,8)39(33(42)29(38-34(43)44-35(4,5)6)22-26-18-20-28(40)21-19-26)31(30-24(2)14-13-15-25(30)3)32(41)37-23-27-16-11-10-12-17-27/h10-21,29,31,40H,9,22-23H2,1-8H3,(H,37,41)(H,38,43). The summed E-state index contributed by atoms with van der Waals surface area (Å²) in [7, 11) is 0. The maximum Gasteiger partial charge on any atom is 0.408 e. The molecule has 2 unspecified atom stereocenters. The van der Waals surface area contributed by atoms with Crippen molar-refractivity contribution in [2.75, 3.05) is 0 Å². The number of hydrogen-bond acceptors (Lipinski definition) is 5. The van der Waals surface area contributed by atoms with E-state index in [1.807, 2.05) is 83.1 Å². The highest BCUT2D eigenvalue weighted by atomic mass is 16.6. The molecule has 44 heavy (non-hydrogen) atoms. The first-order valence-corrected chi connectivity index (χ1v) is 15.1. The van der Waals surface area contributed by atoms with Crippen molar-refractivity contribution in [3.05, 3.63) is 101 Å². The molecule has 3 aromatic carbocycles. The van der Waals surface area contributed by atoms with E-state index in [0.717, 1.165) is 27.8 Å². The summed E-state index contributed by atoms with van der Waals surface area (Å²) < 4.78 is 5.55. The summed E-state index contributed by atoms with van der Waals surface area (Å²) in [4.78, 5) is 43.9. The van der Waals surface area contributed by atoms with Crippen LogP contribution < -0.4 is 10.6 Å². The molecule has 0 heterocycles. The Balaban J connectivity index is 2.14. The average molecular weight is 602 g/mol. The Morgan fingerprint density at radius 2 is 1.43 bits per heavy atom. The number of amides is 3. The van der Waals surface area contributed by atoms with Crippen LogP contribution in [0.2, 0.25) is 0 Å². The first-order valence-electron chi connectivity index (χ1n) is 15.1. The summed E-state index contributed by atoms with van der Waals surface area (Å²) in [5.41, 5.74) is 2.59. The van der Waals surface area contributed by atoms with Crippen molar-refractivity contribution in [2.24, 2.45) is 0 Å². The van der Waals surface area contributed by atoms with Gasteiger partial charge in [-0.05, 0) is 94.8 Å². The first kappa shape index (κ1) is 34.2. The van der Waals surface area contributed by atoms with Crippen LogP contribution in [0.4, 0.5) is 4.79 Å². The lowest BCUT2D eigenvalue weighted by Gasteiger charge is -2.45. The Kier molecular flexibility index (Phi) is 11.2. The lowest BCUT2D eigenvalue weighted by Crippen LogP contribution is -2.60. The van der Waals surface area contributed by atoms with Crippen molar-refractivity contribution in [3.8, 4) is 5.75 Å². The Morgan fingerprint density at radius 3 is 1.98 bits per heavy atom. The van der Waals surface area contributed by atoms with Crippen molar-refractivity contribution >= 4 is 17.9 Å². The highest BCUT2D eigenvalue weighted by Gasteiger charge is 2.44. The van der Waals surface area contributed by atoms with Gasteiger partial charge in [-0.3, -0.25) is 9.59 Å². The molecule has 8 heteroatoms. The number of benzene rings is 3. The van der Waals surface area contributed by atoms with Crippen LogP contribution >= 0.6 is 0 Å². The average Bonchev–Trinajstić information content (AvgIpc) is 2.95. The Bertz CT molecular complexity index is 1410. The lowest BCUT2D eigenvalue weighted by molar-refractivity contribution is -0.149. The number of phenols is 1. The second-order valence-corrected chi connectivity index (χ2v) is 12.9. The number of nitrogens with zero attached hydrogens (tertiary/aromatic N) is 1. The summed E-state index contributed by atoms with van der Waals surface area (Å²) in [6.45, 7) is 15.3. The van der Waals surface area contributed by atoms with E-state index in [2.05, 4.69) is 10.6 Å². The van der Waals surface area contributed by atoms with Gasteiger partial charge in [-0.25, -0.2) is 4.79 Å². The summed E-state index contributed by atoms with van der Waals surface area (Å²) in [6.07, 6.45) is -0.0643. The number of alkyl carbamates (subject to hydrolysis) is 1. The number of phenolic OH excluding ortho intramolecular Hbond substituents is 1. The largest absolute Gasteiger partial charge is 0.508 e. The third-order valence-corrected chi connectivity index (χ3v) is 7.75. The molecule has 0 aliphatic rings. The Labute approximate surface area is 261 Å². The molecular formula is C36H47N3O5. The number of rotatable bonds is 11. The predicted molar refractivity (Wildman–Crippen MR) is 173 cm³/mol. The van der Waals surface area contributed by atoms with Crippen LogP contribution in [0.5, 0.6) is 5.75 Å². The summed E-state index contributed by atoms with van der Waals surface area (Å²) in [5, 5.41) is 15.7. The molecule has 0 aliphatic carbocycles. The number of hydrogen-bond donors (Lipinski definition) is 3. The minimum Gasteiger partial charge on any atom is -0.508 e. The van der Waals surface area contributed by atoms with Crippen molar-refractivity contribution in [1.82, 2.24) is 15.5 Å². The zero-order valence-electron chi connectivity index (χ0n) is 27.2. The number of nitrogens with one attached hydrogen (secondary N) is 2. The van der Waals surface area contributed by atoms with Gasteiger partial charge in [-0.1, -0.05) is 67.6 Å². The molecule has 0 bridgehead atoms. The fourth-order valence-electron chi connectivity index (χ4n) is 5.15. The van der Waals surface area contributed by atoms with Crippen LogP contribution in [-0.4, -0.2) is 45.1 Å². The van der Waals surface area contributed by atoms with Crippen LogP contribution in [-0.2, 0) is 27.3 Å². The van der Waals surface area contributed by atoms with Crippen LogP contribution in [0.1, 0.15) is 81.8 Å². The molecule has 0 fully saturated rings. The van der Waals surface area contributed by atoms with E-state index in [1.54, 1.807) is 37.8 Å². The fraction of sp³-hybridized carbons (Fsp3) is 0.417. The van der Waals surface area contributed by atoms with E-state index in [1.165, 1.54) is 12.1 Å². The quantitative estimate of drug-likeness (QED) is 0.232. The van der Waals surface area contributed by atoms with E-state index >= 15 is 0 Å². The van der Waals surface area contributed by atoms with Crippen LogP contribution in [0, 0.1) is 13.8 Å². The van der Waals surface area contributed by atoms with Gasteiger partial charge in [0.1, 0.15) is 23.4 Å². The van der Waals surface area contributed by atoms with Gasteiger partial charge in [0.05, 0.1) is 0 Å². The molecule has 3 amide bonds. The van der Waals surface area contributed by atoms with Crippen molar-refractivity contribution in [3.63, 3.8) is 0 Å². The smallest absolute Gasteiger partial charge is 0.408 e. The summed E-state index contributed by atoms with van der Waals surface area (Å²) in [6, 6.07) is 19.9. The fourth-order valence-corrected chi connectivity index (χ4v) is 5.15. The van der Waals surface area contributed by atoms with E-state index < -0.39 is 35.2 Å². The molecule has 2 atom stereocenters. The van der Waals surface area contributed by atoms with Crippen molar-refractivity contribution < 1.29 is 24.2 Å². The van der Waals surface area contributed by atoms with Gasteiger partial charge in [-0.2, -0.15) is 0 Å². The minimum atomic E-state index is -1.06. The maximum atomic E-state index is 14.9. The minimum absolute atomic E-state index is 0.0932. The molecule has 3 aromatic rings. The molecule has 0 radical (unpaired) electrons. The molecule has 3 rings (SSSR count). The van der Waals surface area contributed by atoms with Crippen LogP contribution in [0.25, 0.3) is 0 Å². The highest BCUT2D eigenvalue weighted by molar-refractivity contribution is 5.93. The summed E-state index contributed by atoms with van der Waals surface area (Å²) >= 11 is 0. The topological polar surface area (TPSA) is 108 Å². The zero-order chi connectivity index (χ0) is 32.7. The van der Waals surface area contributed by atoms with Crippen molar-refractivity contribution in [2.45, 2.75) is 98.0 Å². The van der Waals surface area contributed by atoms with Gasteiger partial charge in [0.25, 0.3) is 0 Å². The number of ether oxygens (including phenoxy) is 1. The van der Waals surface area contributed by atoms with Crippen LogP contribution in [0.15, 0.2) is 72.8 Å². The van der Waals surface area contributed by atoms with Gasteiger partial charge in [-0.15, -0.1) is 0 Å². The molecule has 0 saturated heterocycles. The van der Waals surface area contributed by atoms with Gasteiger partial charge in [0, 0.05) is 18.5 Å². The monoisotopic (exact) mass is 601 g/mol. The third kappa shape index (κ3) is 9.09. The number of aryl methyl sites for hydroxylation is 2. The first-order chi connectivity index (χ1) is 20.6. The van der Waals surface area contributed by atoms with Crippen molar-refractivity contribution in [1.29, 1.82) is 0 Å². The molecule has 0 aliphatic heterocycles. The molecule has 8 nitrogen and oxygen atoms in total. The second-order valence-electron chi connectivity index (χ2n) is 12.9. The molecular weight excluding hydrogens is 554 g/mol. The normalized spacial score (nSPS) is 13.0. The molecule has 0 spiro atoms. The number of carbonyl (C=O) groups is 3. The molecule has 0 saturated carbocycles. The van der Waals surface area contributed by atoms with Gasteiger partial charge in [0.15, 0.2) is 0 Å². The van der Waals surface area contributed by atoms with Crippen LogP contribution in [0.3, 0.4) is 0 Å². The summed E-state index contributed by atoms with van der Waals surface area (Å²) in [5.74, 6) is -0.643. The van der Waals surface area contributed by atoms with E-state index in [0.29, 0.717) is 13.0 Å². The SMILES string of the molecule is CCC(C)(C)N(C(=O)C(Cc1ccc(O)cc1)NC(=O)OC(C)(C)C)C(C(=O)NCc1ccccc1)c1c(C)cccc1C. The van der Waals surface area contributed by atoms with Gasteiger partial charge >= 0.3 is 6.09 Å². The third-order valence-electron chi connectivity index (χ3n) is 7.75. The van der Waals surface area contributed by atoms with E-state index in [4.69, 9.17) is 4.74 Å². The number of aromatic hydroxyl groups is 1. The Hall–Kier alpha value is -4.33.